The molecule has 0 spiro atoms. The fraction of sp³-hybridized carbons (Fsp3) is 0.550. The van der Waals surface area contributed by atoms with Crippen LogP contribution in [0.2, 0.25) is 0 Å². The average molecular weight is 370 g/mol. The lowest BCUT2D eigenvalue weighted by Crippen LogP contribution is -2.50. The number of hydrogen-bond acceptors (Lipinski definition) is 4. The van der Waals surface area contributed by atoms with Gasteiger partial charge in [-0.3, -0.25) is 14.7 Å². The molecule has 1 aliphatic carbocycles. The van der Waals surface area contributed by atoms with Crippen LogP contribution in [-0.2, 0) is 4.79 Å². The van der Waals surface area contributed by atoms with E-state index in [1.165, 1.54) is 25.7 Å². The van der Waals surface area contributed by atoms with Crippen LogP contribution in [0.15, 0.2) is 28.9 Å². The third-order valence-electron chi connectivity index (χ3n) is 5.74. The molecule has 1 saturated heterocycles. The molecule has 1 N–H and O–H groups in total. The molecular formula is C20H26N4O3. The van der Waals surface area contributed by atoms with Crippen LogP contribution in [0.4, 0.5) is 0 Å². The van der Waals surface area contributed by atoms with Gasteiger partial charge in [0.25, 0.3) is 5.91 Å². The molecule has 2 amide bonds. The highest BCUT2D eigenvalue weighted by Gasteiger charge is 2.27. The van der Waals surface area contributed by atoms with E-state index in [-0.39, 0.29) is 11.8 Å². The highest BCUT2D eigenvalue weighted by Crippen LogP contribution is 2.28. The third-order valence-corrected chi connectivity index (χ3v) is 5.74. The SMILES string of the molecule is O=C(CCC1CCCC1)N1CCN(C(=O)c2cc(-c3ccco3)[nH]n2)CC1. The van der Waals surface area contributed by atoms with Gasteiger partial charge in [-0.25, -0.2) is 0 Å². The number of carbonyl (C=O) groups is 2. The molecular weight excluding hydrogens is 344 g/mol. The Labute approximate surface area is 158 Å². The standard InChI is InChI=1S/C20H26N4O3/c25-19(8-7-15-4-1-2-5-15)23-9-11-24(12-10-23)20(26)17-14-16(21-22-17)18-6-3-13-27-18/h3,6,13-15H,1-2,4-5,7-12H2,(H,21,22). The summed E-state index contributed by atoms with van der Waals surface area (Å²) in [5, 5.41) is 6.96. The predicted octanol–water partition coefficient (Wildman–Crippen LogP) is 2.92. The maximum Gasteiger partial charge on any atom is 0.274 e. The van der Waals surface area contributed by atoms with Crippen LogP contribution in [-0.4, -0.2) is 58.0 Å². The smallest absolute Gasteiger partial charge is 0.274 e. The van der Waals surface area contributed by atoms with E-state index in [4.69, 9.17) is 4.42 Å². The van der Waals surface area contributed by atoms with Crippen LogP contribution >= 0.6 is 0 Å². The molecule has 0 aromatic carbocycles. The zero-order valence-electron chi connectivity index (χ0n) is 15.5. The molecule has 2 aromatic heterocycles. The summed E-state index contributed by atoms with van der Waals surface area (Å²) in [6.07, 6.45) is 8.42. The normalized spacial score (nSPS) is 18.2. The molecule has 2 aromatic rings. The fourth-order valence-electron chi connectivity index (χ4n) is 4.10. The molecule has 144 valence electrons. The van der Waals surface area contributed by atoms with E-state index >= 15 is 0 Å². The molecule has 3 heterocycles. The Balaban J connectivity index is 1.27. The zero-order valence-corrected chi connectivity index (χ0v) is 15.5. The number of carbonyl (C=O) groups excluding carboxylic acids is 2. The Bertz CT molecular complexity index is 769. The van der Waals surface area contributed by atoms with E-state index in [2.05, 4.69) is 10.2 Å². The summed E-state index contributed by atoms with van der Waals surface area (Å²) in [5.41, 5.74) is 1.06. The van der Waals surface area contributed by atoms with Gasteiger partial charge < -0.3 is 14.2 Å². The number of aromatic nitrogens is 2. The maximum absolute atomic E-state index is 12.7. The summed E-state index contributed by atoms with van der Waals surface area (Å²) in [6.45, 7) is 2.31. The number of H-pyrrole nitrogens is 1. The molecule has 27 heavy (non-hydrogen) atoms. The second-order valence-electron chi connectivity index (χ2n) is 7.51. The highest BCUT2D eigenvalue weighted by molar-refractivity contribution is 5.93. The van der Waals surface area contributed by atoms with E-state index in [0.29, 0.717) is 49.7 Å². The van der Waals surface area contributed by atoms with Crippen LogP contribution in [0.1, 0.15) is 49.0 Å². The number of nitrogens with one attached hydrogen (secondary N) is 1. The van der Waals surface area contributed by atoms with Crippen LogP contribution < -0.4 is 0 Å². The van der Waals surface area contributed by atoms with E-state index in [1.54, 1.807) is 23.3 Å². The highest BCUT2D eigenvalue weighted by atomic mass is 16.3. The number of amides is 2. The number of piperazine rings is 1. The van der Waals surface area contributed by atoms with Gasteiger partial charge >= 0.3 is 0 Å². The van der Waals surface area contributed by atoms with E-state index in [9.17, 15) is 9.59 Å². The lowest BCUT2D eigenvalue weighted by molar-refractivity contribution is -0.133. The summed E-state index contributed by atoms with van der Waals surface area (Å²) < 4.78 is 5.32. The van der Waals surface area contributed by atoms with Crippen molar-refractivity contribution in [3.8, 4) is 11.5 Å². The first-order valence-corrected chi connectivity index (χ1v) is 9.87. The van der Waals surface area contributed by atoms with E-state index < -0.39 is 0 Å². The Kier molecular flexibility index (Phi) is 5.27. The minimum absolute atomic E-state index is 0.109. The minimum atomic E-state index is -0.109. The van der Waals surface area contributed by atoms with Crippen molar-refractivity contribution in [3.05, 3.63) is 30.2 Å². The van der Waals surface area contributed by atoms with Crippen molar-refractivity contribution in [2.24, 2.45) is 5.92 Å². The zero-order chi connectivity index (χ0) is 18.6. The van der Waals surface area contributed by atoms with Crippen molar-refractivity contribution < 1.29 is 14.0 Å². The lowest BCUT2D eigenvalue weighted by Gasteiger charge is -2.34. The first-order valence-electron chi connectivity index (χ1n) is 9.87. The number of hydrogen-bond donors (Lipinski definition) is 1. The number of aromatic amines is 1. The van der Waals surface area contributed by atoms with Gasteiger partial charge in [0.15, 0.2) is 11.5 Å². The first-order chi connectivity index (χ1) is 13.2. The Morgan fingerprint density at radius 2 is 1.89 bits per heavy atom. The second kappa shape index (κ2) is 7.98. The van der Waals surface area contributed by atoms with Crippen molar-refractivity contribution in [2.45, 2.75) is 38.5 Å². The summed E-state index contributed by atoms with van der Waals surface area (Å²) in [7, 11) is 0. The quantitative estimate of drug-likeness (QED) is 0.877. The Hall–Kier alpha value is -2.57. The molecule has 7 nitrogen and oxygen atoms in total. The monoisotopic (exact) mass is 370 g/mol. The van der Waals surface area contributed by atoms with E-state index in [1.807, 2.05) is 11.0 Å². The first kappa shape index (κ1) is 17.8. The van der Waals surface area contributed by atoms with E-state index in [0.717, 1.165) is 12.3 Å². The van der Waals surface area contributed by atoms with Crippen LogP contribution in [0, 0.1) is 5.92 Å². The number of nitrogens with zero attached hydrogens (tertiary/aromatic N) is 3. The summed E-state index contributed by atoms with van der Waals surface area (Å²) in [5.74, 6) is 1.51. The summed E-state index contributed by atoms with van der Waals surface area (Å²) >= 11 is 0. The van der Waals surface area contributed by atoms with Crippen molar-refractivity contribution in [2.75, 3.05) is 26.2 Å². The average Bonchev–Trinajstić information content (AvgIpc) is 3.47. The van der Waals surface area contributed by atoms with Gasteiger partial charge in [0.05, 0.1) is 6.26 Å². The largest absolute Gasteiger partial charge is 0.463 e. The van der Waals surface area contributed by atoms with Crippen LogP contribution in [0.3, 0.4) is 0 Å². The third kappa shape index (κ3) is 4.07. The van der Waals surface area contributed by atoms with Gasteiger partial charge in [0, 0.05) is 38.7 Å². The number of rotatable bonds is 5. The summed E-state index contributed by atoms with van der Waals surface area (Å²) in [6, 6.07) is 5.32. The van der Waals surface area contributed by atoms with Gasteiger partial charge in [-0.2, -0.15) is 5.10 Å². The van der Waals surface area contributed by atoms with Crippen LogP contribution in [0.25, 0.3) is 11.5 Å². The topological polar surface area (TPSA) is 82.4 Å². The van der Waals surface area contributed by atoms with Gasteiger partial charge in [0.1, 0.15) is 5.69 Å². The van der Waals surface area contributed by atoms with Gasteiger partial charge in [-0.05, 0) is 24.5 Å². The van der Waals surface area contributed by atoms with Crippen molar-refractivity contribution in [1.29, 1.82) is 0 Å². The maximum atomic E-state index is 12.7. The second-order valence-corrected chi connectivity index (χ2v) is 7.51. The molecule has 4 rings (SSSR count). The van der Waals surface area contributed by atoms with Crippen LogP contribution in [0.5, 0.6) is 0 Å². The molecule has 1 aliphatic heterocycles. The summed E-state index contributed by atoms with van der Waals surface area (Å²) in [4.78, 5) is 28.8. The molecule has 0 unspecified atom stereocenters. The van der Waals surface area contributed by atoms with Gasteiger partial charge in [-0.15, -0.1) is 0 Å². The molecule has 2 aliphatic rings. The minimum Gasteiger partial charge on any atom is -0.463 e. The lowest BCUT2D eigenvalue weighted by atomic mass is 10.0. The van der Waals surface area contributed by atoms with Gasteiger partial charge in [0.2, 0.25) is 5.91 Å². The molecule has 0 bridgehead atoms. The van der Waals surface area contributed by atoms with Crippen molar-refractivity contribution in [3.63, 3.8) is 0 Å². The Morgan fingerprint density at radius 1 is 1.15 bits per heavy atom. The molecule has 7 heteroatoms. The van der Waals surface area contributed by atoms with Crippen molar-refractivity contribution in [1.82, 2.24) is 20.0 Å². The predicted molar refractivity (Wildman–Crippen MR) is 100.0 cm³/mol. The molecule has 0 radical (unpaired) electrons. The molecule has 1 saturated carbocycles. The Morgan fingerprint density at radius 3 is 2.59 bits per heavy atom. The molecule has 2 fully saturated rings. The fourth-order valence-corrected chi connectivity index (χ4v) is 4.10. The van der Waals surface area contributed by atoms with Gasteiger partial charge in [-0.1, -0.05) is 25.7 Å². The number of furan rings is 1. The van der Waals surface area contributed by atoms with Crippen molar-refractivity contribution >= 4 is 11.8 Å². The molecule has 0 atom stereocenters.